The van der Waals surface area contributed by atoms with Crippen LogP contribution in [0.4, 0.5) is 0 Å². The third-order valence-corrected chi connectivity index (χ3v) is 4.47. The highest BCUT2D eigenvalue weighted by atomic mass is 32.1. The molecule has 0 bridgehead atoms. The zero-order valence-electron chi connectivity index (χ0n) is 11.1. The maximum absolute atomic E-state index is 12.5. The van der Waals surface area contributed by atoms with E-state index in [1.807, 2.05) is 14.1 Å². The summed E-state index contributed by atoms with van der Waals surface area (Å²) in [5, 5.41) is 4.91. The van der Waals surface area contributed by atoms with E-state index in [4.69, 9.17) is 0 Å². The molecule has 2 heterocycles. The Bertz CT molecular complexity index is 698. The first-order valence-electron chi connectivity index (χ1n) is 6.39. The average Bonchev–Trinajstić information content (AvgIpc) is 2.76. The van der Waals surface area contributed by atoms with E-state index in [2.05, 4.69) is 10.1 Å². The molecule has 0 atom stereocenters. The third-order valence-electron chi connectivity index (χ3n) is 3.27. The molecule has 0 spiro atoms. The smallest absolute Gasteiger partial charge is 0.283 e. The number of aryl methyl sites for hydroxylation is 2. The number of hydrogen-bond donors (Lipinski definition) is 0. The zero-order valence-corrected chi connectivity index (χ0v) is 11.9. The lowest BCUT2D eigenvalue weighted by Crippen LogP contribution is -2.19. The minimum atomic E-state index is -0.0532. The minimum Gasteiger partial charge on any atom is -0.367 e. The van der Waals surface area contributed by atoms with E-state index in [0.29, 0.717) is 0 Å². The lowest BCUT2D eigenvalue weighted by Gasteiger charge is -2.09. The summed E-state index contributed by atoms with van der Waals surface area (Å²) in [4.78, 5) is 20.8. The molecule has 0 aliphatic heterocycles. The Kier molecular flexibility index (Phi) is 3.10. The van der Waals surface area contributed by atoms with E-state index in [1.54, 1.807) is 22.6 Å². The summed E-state index contributed by atoms with van der Waals surface area (Å²) in [6, 6.07) is 0. The van der Waals surface area contributed by atoms with Crippen LogP contribution in [0.1, 0.15) is 23.3 Å². The fourth-order valence-electron chi connectivity index (χ4n) is 2.38. The number of fused-ring (bicyclic) bond motifs is 3. The molecule has 0 aromatic carbocycles. The topological polar surface area (TPSA) is 50.5 Å². The summed E-state index contributed by atoms with van der Waals surface area (Å²) in [6.45, 7) is 0. The van der Waals surface area contributed by atoms with Crippen molar-refractivity contribution in [3.05, 3.63) is 27.1 Å². The van der Waals surface area contributed by atoms with E-state index in [9.17, 15) is 4.79 Å². The van der Waals surface area contributed by atoms with Crippen LogP contribution in [0.3, 0.4) is 0 Å². The van der Waals surface area contributed by atoms with Gasteiger partial charge >= 0.3 is 0 Å². The van der Waals surface area contributed by atoms with Gasteiger partial charge in [-0.05, 0) is 31.2 Å². The third kappa shape index (κ3) is 2.16. The standard InChI is InChI=1S/C13H16N4OS/c1-16(2)8-15-17-7-14-12-11(13(17)18)9-5-3-4-6-10(9)19-12/h7-8H,3-6H2,1-2H3/b15-8-. The van der Waals surface area contributed by atoms with E-state index in [-0.39, 0.29) is 5.56 Å². The van der Waals surface area contributed by atoms with Gasteiger partial charge in [-0.3, -0.25) is 4.79 Å². The molecular weight excluding hydrogens is 260 g/mol. The molecule has 3 rings (SSSR count). The quantitative estimate of drug-likeness (QED) is 0.619. The van der Waals surface area contributed by atoms with Crippen molar-refractivity contribution in [2.24, 2.45) is 5.10 Å². The van der Waals surface area contributed by atoms with Gasteiger partial charge in [0.15, 0.2) is 0 Å². The van der Waals surface area contributed by atoms with E-state index in [0.717, 1.165) is 29.5 Å². The first-order chi connectivity index (χ1) is 9.16. The Balaban J connectivity index is 2.18. The molecule has 0 fully saturated rings. The second-order valence-corrected chi connectivity index (χ2v) is 6.06. The first-order valence-corrected chi connectivity index (χ1v) is 7.21. The molecule has 5 nitrogen and oxygen atoms in total. The molecule has 0 N–H and O–H groups in total. The lowest BCUT2D eigenvalue weighted by atomic mass is 9.97. The van der Waals surface area contributed by atoms with Crippen LogP contribution >= 0.6 is 11.3 Å². The van der Waals surface area contributed by atoms with Crippen molar-refractivity contribution in [2.75, 3.05) is 14.1 Å². The van der Waals surface area contributed by atoms with Gasteiger partial charge in [0, 0.05) is 19.0 Å². The molecular formula is C13H16N4OS. The summed E-state index contributed by atoms with van der Waals surface area (Å²) >= 11 is 1.66. The van der Waals surface area contributed by atoms with Crippen molar-refractivity contribution < 1.29 is 0 Å². The Hall–Kier alpha value is -1.69. The first kappa shape index (κ1) is 12.3. The number of thiophene rings is 1. The monoisotopic (exact) mass is 276 g/mol. The molecule has 1 aliphatic carbocycles. The predicted octanol–water partition coefficient (Wildman–Crippen LogP) is 1.69. The van der Waals surface area contributed by atoms with E-state index >= 15 is 0 Å². The highest BCUT2D eigenvalue weighted by Crippen LogP contribution is 2.33. The van der Waals surface area contributed by atoms with Gasteiger partial charge in [-0.25, -0.2) is 4.98 Å². The Morgan fingerprint density at radius 2 is 2.21 bits per heavy atom. The molecule has 6 heteroatoms. The number of aromatic nitrogens is 2. The second kappa shape index (κ2) is 4.77. The molecule has 1 aliphatic rings. The molecule has 0 unspecified atom stereocenters. The van der Waals surface area contributed by atoms with Crippen LogP contribution in [0, 0.1) is 0 Å². The SMILES string of the molecule is CN(C)/C=N\n1cnc2sc3c(c2c1=O)CCCC3. The van der Waals surface area contributed by atoms with Crippen LogP contribution in [-0.2, 0) is 12.8 Å². The summed E-state index contributed by atoms with van der Waals surface area (Å²) in [7, 11) is 3.74. The van der Waals surface area contributed by atoms with Crippen molar-refractivity contribution in [3.8, 4) is 0 Å². The highest BCUT2D eigenvalue weighted by Gasteiger charge is 2.19. The number of nitrogens with zero attached hydrogens (tertiary/aromatic N) is 4. The van der Waals surface area contributed by atoms with E-state index in [1.165, 1.54) is 27.9 Å². The summed E-state index contributed by atoms with van der Waals surface area (Å²) in [5.41, 5.74) is 1.15. The van der Waals surface area contributed by atoms with E-state index < -0.39 is 0 Å². The summed E-state index contributed by atoms with van der Waals surface area (Å²) in [5.74, 6) is 0. The summed E-state index contributed by atoms with van der Waals surface area (Å²) < 4.78 is 1.32. The van der Waals surface area contributed by atoms with Crippen molar-refractivity contribution in [3.63, 3.8) is 0 Å². The lowest BCUT2D eigenvalue weighted by molar-refractivity contribution is 0.629. The average molecular weight is 276 g/mol. The van der Waals surface area contributed by atoms with Gasteiger partial charge < -0.3 is 4.90 Å². The largest absolute Gasteiger partial charge is 0.367 e. The number of hydrogen-bond acceptors (Lipinski definition) is 4. The Labute approximate surface area is 115 Å². The van der Waals surface area contributed by atoms with Crippen LogP contribution < -0.4 is 5.56 Å². The zero-order chi connectivity index (χ0) is 13.4. The molecule has 0 radical (unpaired) electrons. The van der Waals surface area contributed by atoms with Gasteiger partial charge in [0.2, 0.25) is 0 Å². The van der Waals surface area contributed by atoms with Crippen LogP contribution in [0.5, 0.6) is 0 Å². The number of rotatable bonds is 2. The minimum absolute atomic E-state index is 0.0532. The highest BCUT2D eigenvalue weighted by molar-refractivity contribution is 7.18. The molecule has 0 amide bonds. The van der Waals surface area contributed by atoms with Crippen LogP contribution in [0.25, 0.3) is 10.2 Å². The van der Waals surface area contributed by atoms with Crippen molar-refractivity contribution in [1.29, 1.82) is 0 Å². The molecule has 100 valence electrons. The van der Waals surface area contributed by atoms with Crippen molar-refractivity contribution >= 4 is 27.9 Å². The van der Waals surface area contributed by atoms with Crippen molar-refractivity contribution in [1.82, 2.24) is 14.6 Å². The summed E-state index contributed by atoms with van der Waals surface area (Å²) in [6.07, 6.45) is 7.56. The van der Waals surface area contributed by atoms with Gasteiger partial charge in [-0.1, -0.05) is 0 Å². The molecule has 0 saturated carbocycles. The van der Waals surface area contributed by atoms with Gasteiger partial charge in [0.05, 0.1) is 5.39 Å². The molecule has 2 aromatic heterocycles. The normalized spacial score (nSPS) is 15.1. The maximum atomic E-state index is 12.5. The molecule has 0 saturated heterocycles. The van der Waals surface area contributed by atoms with Crippen LogP contribution in [0.15, 0.2) is 16.2 Å². The van der Waals surface area contributed by atoms with Crippen LogP contribution in [0.2, 0.25) is 0 Å². The van der Waals surface area contributed by atoms with Gasteiger partial charge in [-0.15, -0.1) is 11.3 Å². The Morgan fingerprint density at radius 1 is 1.42 bits per heavy atom. The predicted molar refractivity (Wildman–Crippen MR) is 78.1 cm³/mol. The molecule has 19 heavy (non-hydrogen) atoms. The molecule has 2 aromatic rings. The maximum Gasteiger partial charge on any atom is 0.283 e. The van der Waals surface area contributed by atoms with Gasteiger partial charge in [0.25, 0.3) is 5.56 Å². The van der Waals surface area contributed by atoms with Crippen molar-refractivity contribution in [2.45, 2.75) is 25.7 Å². The van der Waals surface area contributed by atoms with Gasteiger partial charge in [0.1, 0.15) is 17.5 Å². The fraction of sp³-hybridized carbons (Fsp3) is 0.462. The fourth-order valence-corrected chi connectivity index (χ4v) is 3.60. The Morgan fingerprint density at radius 3 is 3.00 bits per heavy atom. The van der Waals surface area contributed by atoms with Crippen LogP contribution in [-0.4, -0.2) is 35.0 Å². The van der Waals surface area contributed by atoms with Gasteiger partial charge in [-0.2, -0.15) is 9.78 Å². The second-order valence-electron chi connectivity index (χ2n) is 4.98.